The number of benzene rings is 2. The van der Waals surface area contributed by atoms with Crippen LogP contribution in [0.1, 0.15) is 48.5 Å². The van der Waals surface area contributed by atoms with Gasteiger partial charge < -0.3 is 9.47 Å². The van der Waals surface area contributed by atoms with Gasteiger partial charge in [0.1, 0.15) is 5.75 Å². The molecule has 6 nitrogen and oxygen atoms in total. The van der Waals surface area contributed by atoms with Gasteiger partial charge in [-0.25, -0.2) is 4.98 Å². The molecule has 4 rings (SSSR count). The highest BCUT2D eigenvalue weighted by Crippen LogP contribution is 2.31. The number of halogens is 1. The monoisotopic (exact) mass is 517 g/mol. The zero-order valence-electron chi connectivity index (χ0n) is 20.7. The molecule has 190 valence electrons. The summed E-state index contributed by atoms with van der Waals surface area (Å²) in [7, 11) is 0. The molecule has 1 aliphatic rings. The van der Waals surface area contributed by atoms with Crippen LogP contribution >= 0.6 is 23.7 Å². The molecule has 1 saturated heterocycles. The van der Waals surface area contributed by atoms with Crippen molar-refractivity contribution >= 4 is 45.0 Å². The normalized spacial score (nSPS) is 14.0. The SMILES string of the molecule is CCCCCOc1ccc(C(=O)N(CCCN2CCOCC2)c2nc3c(C)cccc3s2)cc1.Cl. The molecular weight excluding hydrogens is 482 g/mol. The number of unbranched alkanes of at least 4 members (excludes halogenated alkanes) is 2. The fourth-order valence-electron chi connectivity index (χ4n) is 4.14. The van der Waals surface area contributed by atoms with Crippen LogP contribution in [0.25, 0.3) is 10.2 Å². The van der Waals surface area contributed by atoms with Gasteiger partial charge >= 0.3 is 0 Å². The lowest BCUT2D eigenvalue weighted by molar-refractivity contribution is 0.0376. The Hall–Kier alpha value is -2.19. The summed E-state index contributed by atoms with van der Waals surface area (Å²) in [5.41, 5.74) is 2.76. The molecule has 1 amide bonds. The lowest BCUT2D eigenvalue weighted by Crippen LogP contribution is -2.39. The molecule has 2 heterocycles. The predicted molar refractivity (Wildman–Crippen MR) is 147 cm³/mol. The highest BCUT2D eigenvalue weighted by atomic mass is 35.5. The van der Waals surface area contributed by atoms with Gasteiger partial charge in [0.05, 0.1) is 30.0 Å². The number of para-hydroxylation sites is 1. The van der Waals surface area contributed by atoms with Crippen molar-refractivity contribution in [3.63, 3.8) is 0 Å². The first-order chi connectivity index (χ1) is 16.7. The Balaban J connectivity index is 0.00000342. The Kier molecular flexibility index (Phi) is 10.8. The van der Waals surface area contributed by atoms with Gasteiger partial charge in [-0.05, 0) is 55.7 Å². The molecule has 0 radical (unpaired) electrons. The maximum atomic E-state index is 13.6. The van der Waals surface area contributed by atoms with E-state index < -0.39 is 0 Å². The minimum atomic E-state index is -0.0174. The van der Waals surface area contributed by atoms with E-state index in [9.17, 15) is 4.79 Å². The third-order valence-corrected chi connectivity index (χ3v) is 7.21. The number of carbonyl (C=O) groups excluding carboxylic acids is 1. The zero-order chi connectivity index (χ0) is 23.8. The number of morpholine rings is 1. The van der Waals surface area contributed by atoms with Gasteiger partial charge in [0, 0.05) is 31.7 Å². The van der Waals surface area contributed by atoms with Gasteiger partial charge in [-0.15, -0.1) is 12.4 Å². The number of thiazole rings is 1. The number of hydrogen-bond acceptors (Lipinski definition) is 6. The summed E-state index contributed by atoms with van der Waals surface area (Å²) < 4.78 is 12.4. The molecule has 1 aromatic heterocycles. The fraction of sp³-hybridized carbons (Fsp3) is 0.481. The van der Waals surface area contributed by atoms with Crippen LogP contribution in [0.15, 0.2) is 42.5 Å². The number of rotatable bonds is 11. The van der Waals surface area contributed by atoms with Crippen molar-refractivity contribution in [2.45, 2.75) is 39.5 Å². The standard InChI is InChI=1S/C27H35N3O3S.ClH/c1-3-4-5-18-33-23-12-10-22(11-13-23)26(31)30(15-7-14-29-16-19-32-20-17-29)27-28-25-21(2)8-6-9-24(25)34-27;/h6,8-13H,3-5,7,14-20H2,1-2H3;1H. The molecule has 0 unspecified atom stereocenters. The van der Waals surface area contributed by atoms with Crippen molar-refractivity contribution in [3.05, 3.63) is 53.6 Å². The van der Waals surface area contributed by atoms with Gasteiger partial charge in [0.2, 0.25) is 0 Å². The molecule has 3 aromatic rings. The summed E-state index contributed by atoms with van der Waals surface area (Å²) in [6.45, 7) is 10.0. The molecule has 0 bridgehead atoms. The molecule has 0 atom stereocenters. The van der Waals surface area contributed by atoms with Gasteiger partial charge in [-0.1, -0.05) is 43.2 Å². The number of anilines is 1. The summed E-state index contributed by atoms with van der Waals surface area (Å²) in [4.78, 5) is 22.7. The van der Waals surface area contributed by atoms with E-state index in [1.807, 2.05) is 35.2 Å². The van der Waals surface area contributed by atoms with Crippen molar-refractivity contribution in [1.29, 1.82) is 0 Å². The van der Waals surface area contributed by atoms with Crippen molar-refractivity contribution in [2.24, 2.45) is 0 Å². The number of nitrogens with zero attached hydrogens (tertiary/aromatic N) is 3. The van der Waals surface area contributed by atoms with Crippen LogP contribution in [-0.2, 0) is 4.74 Å². The number of aryl methyl sites for hydroxylation is 1. The second-order valence-corrected chi connectivity index (χ2v) is 9.77. The van der Waals surface area contributed by atoms with E-state index in [2.05, 4.69) is 30.9 Å². The fourth-order valence-corrected chi connectivity index (χ4v) is 5.21. The largest absolute Gasteiger partial charge is 0.494 e. The van der Waals surface area contributed by atoms with Crippen molar-refractivity contribution in [2.75, 3.05) is 50.9 Å². The molecule has 35 heavy (non-hydrogen) atoms. The van der Waals surface area contributed by atoms with Crippen LogP contribution in [0.2, 0.25) is 0 Å². The predicted octanol–water partition coefficient (Wildman–Crippen LogP) is 5.96. The van der Waals surface area contributed by atoms with E-state index in [1.54, 1.807) is 11.3 Å². The summed E-state index contributed by atoms with van der Waals surface area (Å²) >= 11 is 1.58. The second kappa shape index (κ2) is 13.8. The number of amides is 1. The van der Waals surface area contributed by atoms with E-state index in [0.717, 1.165) is 78.8 Å². The number of fused-ring (bicyclic) bond motifs is 1. The molecule has 0 spiro atoms. The van der Waals surface area contributed by atoms with Crippen molar-refractivity contribution in [3.8, 4) is 5.75 Å². The van der Waals surface area contributed by atoms with Crippen LogP contribution in [0.5, 0.6) is 5.75 Å². The van der Waals surface area contributed by atoms with E-state index in [4.69, 9.17) is 14.5 Å². The minimum Gasteiger partial charge on any atom is -0.494 e. The third kappa shape index (κ3) is 7.40. The molecule has 0 N–H and O–H groups in total. The number of carbonyl (C=O) groups is 1. The smallest absolute Gasteiger partial charge is 0.260 e. The van der Waals surface area contributed by atoms with Crippen LogP contribution in [-0.4, -0.2) is 61.8 Å². The van der Waals surface area contributed by atoms with Gasteiger partial charge in [-0.2, -0.15) is 0 Å². The van der Waals surface area contributed by atoms with Gasteiger partial charge in [0.15, 0.2) is 5.13 Å². The van der Waals surface area contributed by atoms with Crippen molar-refractivity contribution < 1.29 is 14.3 Å². The van der Waals surface area contributed by atoms with E-state index in [0.29, 0.717) is 18.7 Å². The first kappa shape index (κ1) is 27.4. The topological polar surface area (TPSA) is 54.9 Å². The summed E-state index contributed by atoms with van der Waals surface area (Å²) in [6, 6.07) is 13.7. The minimum absolute atomic E-state index is 0. The highest BCUT2D eigenvalue weighted by Gasteiger charge is 2.22. The van der Waals surface area contributed by atoms with Crippen molar-refractivity contribution in [1.82, 2.24) is 9.88 Å². The second-order valence-electron chi connectivity index (χ2n) is 8.76. The lowest BCUT2D eigenvalue weighted by Gasteiger charge is -2.27. The average molecular weight is 518 g/mol. The zero-order valence-corrected chi connectivity index (χ0v) is 22.3. The summed E-state index contributed by atoms with van der Waals surface area (Å²) in [5, 5.41) is 0.760. The number of ether oxygens (including phenoxy) is 2. The maximum Gasteiger partial charge on any atom is 0.260 e. The lowest BCUT2D eigenvalue weighted by atomic mass is 10.2. The molecule has 1 fully saturated rings. The van der Waals surface area contributed by atoms with Gasteiger partial charge in [0.25, 0.3) is 5.91 Å². The number of hydrogen-bond donors (Lipinski definition) is 0. The molecular formula is C27H36ClN3O3S. The average Bonchev–Trinajstić information content (AvgIpc) is 3.31. The Morgan fingerprint density at radius 1 is 1.11 bits per heavy atom. The number of aromatic nitrogens is 1. The molecule has 1 aliphatic heterocycles. The Morgan fingerprint density at radius 3 is 2.60 bits per heavy atom. The van der Waals surface area contributed by atoms with E-state index in [-0.39, 0.29) is 18.3 Å². The van der Waals surface area contributed by atoms with Crippen LogP contribution in [0, 0.1) is 6.92 Å². The Labute approximate surface area is 218 Å². The first-order valence-corrected chi connectivity index (χ1v) is 13.2. The summed E-state index contributed by atoms with van der Waals surface area (Å²) in [5.74, 6) is 0.790. The molecule has 8 heteroatoms. The van der Waals surface area contributed by atoms with E-state index in [1.165, 1.54) is 6.42 Å². The van der Waals surface area contributed by atoms with Crippen LogP contribution in [0.4, 0.5) is 5.13 Å². The summed E-state index contributed by atoms with van der Waals surface area (Å²) in [6.07, 6.45) is 4.27. The van der Waals surface area contributed by atoms with Gasteiger partial charge in [-0.3, -0.25) is 14.6 Å². The van der Waals surface area contributed by atoms with Crippen LogP contribution in [0.3, 0.4) is 0 Å². The first-order valence-electron chi connectivity index (χ1n) is 12.4. The van der Waals surface area contributed by atoms with E-state index >= 15 is 0 Å². The highest BCUT2D eigenvalue weighted by molar-refractivity contribution is 7.22. The Bertz CT molecular complexity index is 1070. The Morgan fingerprint density at radius 2 is 1.89 bits per heavy atom. The van der Waals surface area contributed by atoms with Crippen LogP contribution < -0.4 is 9.64 Å². The maximum absolute atomic E-state index is 13.6. The third-order valence-electron chi connectivity index (χ3n) is 6.16. The molecule has 0 saturated carbocycles. The molecule has 2 aromatic carbocycles. The quantitative estimate of drug-likeness (QED) is 0.293. The molecule has 0 aliphatic carbocycles.